The maximum Gasteiger partial charge on any atom is 0.138 e. The molecule has 0 aliphatic heterocycles. The zero-order valence-electron chi connectivity index (χ0n) is 12.9. The zero-order valence-corrected chi connectivity index (χ0v) is 12.9. The molecule has 21 heavy (non-hydrogen) atoms. The molecule has 2 rings (SSSR count). The molecule has 0 atom stereocenters. The Balaban J connectivity index is 1.91. The largest absolute Gasteiger partial charge is 0.487 e. The third kappa shape index (κ3) is 5.20. The van der Waals surface area contributed by atoms with Crippen LogP contribution in [-0.2, 0) is 13.0 Å². The molecule has 1 N–H and O–H groups in total. The highest BCUT2D eigenvalue weighted by atomic mass is 16.5. The van der Waals surface area contributed by atoms with Crippen LogP contribution in [-0.4, -0.2) is 18.1 Å². The highest BCUT2D eigenvalue weighted by molar-refractivity contribution is 5.28. The van der Waals surface area contributed by atoms with E-state index < -0.39 is 0 Å². The van der Waals surface area contributed by atoms with Crippen molar-refractivity contribution >= 4 is 0 Å². The summed E-state index contributed by atoms with van der Waals surface area (Å²) >= 11 is 0. The monoisotopic (exact) mass is 284 g/mol. The van der Waals surface area contributed by atoms with Crippen molar-refractivity contribution < 1.29 is 4.74 Å². The van der Waals surface area contributed by atoms with Gasteiger partial charge in [0.15, 0.2) is 0 Å². The maximum absolute atomic E-state index is 5.83. The maximum atomic E-state index is 5.83. The summed E-state index contributed by atoms with van der Waals surface area (Å²) < 4.78 is 5.83. The van der Waals surface area contributed by atoms with Crippen LogP contribution in [0.5, 0.6) is 5.75 Å². The second kappa shape index (κ2) is 8.42. The van der Waals surface area contributed by atoms with Crippen LogP contribution in [0.4, 0.5) is 0 Å². The zero-order chi connectivity index (χ0) is 14.9. The van der Waals surface area contributed by atoms with E-state index in [4.69, 9.17) is 4.74 Å². The molecule has 0 amide bonds. The summed E-state index contributed by atoms with van der Waals surface area (Å²) in [4.78, 5) is 4.25. The fraction of sp³-hybridized carbons (Fsp3) is 0.389. The first-order valence-corrected chi connectivity index (χ1v) is 7.62. The minimum absolute atomic E-state index is 0.592. The number of hydrogen-bond donors (Lipinski definition) is 1. The van der Waals surface area contributed by atoms with E-state index in [0.717, 1.165) is 31.0 Å². The van der Waals surface area contributed by atoms with Gasteiger partial charge < -0.3 is 10.1 Å². The summed E-state index contributed by atoms with van der Waals surface area (Å²) in [5, 5.41) is 3.44. The molecule has 112 valence electrons. The van der Waals surface area contributed by atoms with Crippen LogP contribution in [0.25, 0.3) is 0 Å². The van der Waals surface area contributed by atoms with Gasteiger partial charge in [0.05, 0.1) is 6.20 Å². The van der Waals surface area contributed by atoms with E-state index in [9.17, 15) is 0 Å². The number of hydrogen-bond acceptors (Lipinski definition) is 3. The first-order chi connectivity index (χ1) is 10.3. The standard InChI is InChI=1S/C18H24N2O/c1-3-11-19-12-10-16-6-4-5-7-17(16)14-21-18-9-8-15(2)20-13-18/h4-9,13,19H,3,10-12,14H2,1-2H3. The van der Waals surface area contributed by atoms with Gasteiger partial charge >= 0.3 is 0 Å². The van der Waals surface area contributed by atoms with Crippen LogP contribution < -0.4 is 10.1 Å². The number of nitrogens with zero attached hydrogens (tertiary/aromatic N) is 1. The van der Waals surface area contributed by atoms with Gasteiger partial charge in [-0.3, -0.25) is 4.98 Å². The van der Waals surface area contributed by atoms with Gasteiger partial charge in [-0.2, -0.15) is 0 Å². The average molecular weight is 284 g/mol. The lowest BCUT2D eigenvalue weighted by Crippen LogP contribution is -2.18. The molecule has 3 nitrogen and oxygen atoms in total. The number of pyridine rings is 1. The molecule has 2 aromatic rings. The molecule has 1 aromatic carbocycles. The van der Waals surface area contributed by atoms with E-state index in [1.54, 1.807) is 6.20 Å². The first-order valence-electron chi connectivity index (χ1n) is 7.62. The molecule has 0 radical (unpaired) electrons. The molecule has 0 saturated carbocycles. The van der Waals surface area contributed by atoms with Gasteiger partial charge in [0.2, 0.25) is 0 Å². The fourth-order valence-electron chi connectivity index (χ4n) is 2.17. The Bertz CT molecular complexity index is 537. The van der Waals surface area contributed by atoms with Gasteiger partial charge in [-0.25, -0.2) is 0 Å². The van der Waals surface area contributed by atoms with Gasteiger partial charge in [-0.15, -0.1) is 0 Å². The van der Waals surface area contributed by atoms with Crippen LogP contribution in [0.2, 0.25) is 0 Å². The second-order valence-electron chi connectivity index (χ2n) is 5.19. The normalized spacial score (nSPS) is 10.6. The van der Waals surface area contributed by atoms with E-state index in [1.807, 2.05) is 19.1 Å². The topological polar surface area (TPSA) is 34.1 Å². The Morgan fingerprint density at radius 3 is 2.57 bits per heavy atom. The molecule has 0 fully saturated rings. The predicted octanol–water partition coefficient (Wildman–Crippen LogP) is 3.51. The highest BCUT2D eigenvalue weighted by Gasteiger charge is 2.03. The van der Waals surface area contributed by atoms with Gasteiger partial charge in [0.25, 0.3) is 0 Å². The van der Waals surface area contributed by atoms with E-state index in [0.29, 0.717) is 6.61 Å². The molecule has 3 heteroatoms. The molecule has 0 spiro atoms. The third-order valence-electron chi connectivity index (χ3n) is 3.39. The number of aromatic nitrogens is 1. The molecule has 0 unspecified atom stereocenters. The summed E-state index contributed by atoms with van der Waals surface area (Å²) in [6.45, 7) is 6.84. The molecule has 0 bridgehead atoms. The van der Waals surface area contributed by atoms with Gasteiger partial charge in [-0.1, -0.05) is 31.2 Å². The van der Waals surface area contributed by atoms with Crippen molar-refractivity contribution in [2.24, 2.45) is 0 Å². The van der Waals surface area contributed by atoms with E-state index in [-0.39, 0.29) is 0 Å². The van der Waals surface area contributed by atoms with Gasteiger partial charge in [0.1, 0.15) is 12.4 Å². The van der Waals surface area contributed by atoms with Crippen molar-refractivity contribution in [2.45, 2.75) is 33.3 Å². The smallest absolute Gasteiger partial charge is 0.138 e. The summed E-state index contributed by atoms with van der Waals surface area (Å²) in [6, 6.07) is 12.4. The fourth-order valence-corrected chi connectivity index (χ4v) is 2.17. The summed E-state index contributed by atoms with van der Waals surface area (Å²) in [7, 11) is 0. The molecular weight excluding hydrogens is 260 g/mol. The van der Waals surface area contributed by atoms with Crippen LogP contribution in [0.3, 0.4) is 0 Å². The predicted molar refractivity (Wildman–Crippen MR) is 86.6 cm³/mol. The minimum Gasteiger partial charge on any atom is -0.487 e. The Hall–Kier alpha value is -1.87. The SMILES string of the molecule is CCCNCCc1ccccc1COc1ccc(C)nc1. The molecule has 1 heterocycles. The Morgan fingerprint density at radius 1 is 1.05 bits per heavy atom. The Morgan fingerprint density at radius 2 is 1.86 bits per heavy atom. The quantitative estimate of drug-likeness (QED) is 0.753. The lowest BCUT2D eigenvalue weighted by Gasteiger charge is -2.11. The second-order valence-corrected chi connectivity index (χ2v) is 5.19. The van der Waals surface area contributed by atoms with Crippen LogP contribution in [0, 0.1) is 6.92 Å². The van der Waals surface area contributed by atoms with Gasteiger partial charge in [-0.05, 0) is 56.1 Å². The Kier molecular flexibility index (Phi) is 6.22. The molecule has 0 saturated heterocycles. The number of ether oxygens (including phenoxy) is 1. The van der Waals surface area contributed by atoms with Crippen molar-refractivity contribution in [3.05, 3.63) is 59.4 Å². The van der Waals surface area contributed by atoms with Crippen LogP contribution in [0.15, 0.2) is 42.6 Å². The van der Waals surface area contributed by atoms with E-state index in [1.165, 1.54) is 17.5 Å². The lowest BCUT2D eigenvalue weighted by molar-refractivity contribution is 0.303. The molecule has 0 aliphatic carbocycles. The van der Waals surface area contributed by atoms with Crippen molar-refractivity contribution in [1.29, 1.82) is 0 Å². The first kappa shape index (κ1) is 15.5. The average Bonchev–Trinajstić information content (AvgIpc) is 2.52. The minimum atomic E-state index is 0.592. The third-order valence-corrected chi connectivity index (χ3v) is 3.39. The van der Waals surface area contributed by atoms with Gasteiger partial charge in [0, 0.05) is 5.69 Å². The van der Waals surface area contributed by atoms with Crippen molar-refractivity contribution in [2.75, 3.05) is 13.1 Å². The van der Waals surface area contributed by atoms with E-state index >= 15 is 0 Å². The molecular formula is C18H24N2O. The lowest BCUT2D eigenvalue weighted by atomic mass is 10.1. The highest BCUT2D eigenvalue weighted by Crippen LogP contribution is 2.15. The summed E-state index contributed by atoms with van der Waals surface area (Å²) in [6.07, 6.45) is 3.98. The molecule has 0 aliphatic rings. The number of rotatable bonds is 8. The van der Waals surface area contributed by atoms with Crippen LogP contribution in [0.1, 0.15) is 30.2 Å². The summed E-state index contributed by atoms with van der Waals surface area (Å²) in [5.74, 6) is 0.819. The molecule has 1 aromatic heterocycles. The summed E-state index contributed by atoms with van der Waals surface area (Å²) in [5.41, 5.74) is 3.60. The number of aryl methyl sites for hydroxylation is 1. The van der Waals surface area contributed by atoms with Crippen LogP contribution >= 0.6 is 0 Å². The van der Waals surface area contributed by atoms with Crippen molar-refractivity contribution in [3.63, 3.8) is 0 Å². The van der Waals surface area contributed by atoms with Crippen molar-refractivity contribution in [3.8, 4) is 5.75 Å². The van der Waals surface area contributed by atoms with E-state index in [2.05, 4.69) is 41.5 Å². The Labute approximate surface area is 127 Å². The number of nitrogens with one attached hydrogen (secondary N) is 1. The van der Waals surface area contributed by atoms with Crippen molar-refractivity contribution in [1.82, 2.24) is 10.3 Å². The number of benzene rings is 1.